The molecule has 0 aliphatic heterocycles. The lowest BCUT2D eigenvalue weighted by atomic mass is 10.0. The summed E-state index contributed by atoms with van der Waals surface area (Å²) in [5.74, 6) is 0.341. The van der Waals surface area contributed by atoms with Gasteiger partial charge >= 0.3 is 5.97 Å². The van der Waals surface area contributed by atoms with Gasteiger partial charge in [0.25, 0.3) is 0 Å². The van der Waals surface area contributed by atoms with Gasteiger partial charge in [0.2, 0.25) is 0 Å². The Bertz CT molecular complexity index is 1700. The van der Waals surface area contributed by atoms with Crippen LogP contribution < -0.4 is 14.8 Å². The van der Waals surface area contributed by atoms with Gasteiger partial charge in [-0.05, 0) is 56.4 Å². The van der Waals surface area contributed by atoms with Crippen LogP contribution in [0.15, 0.2) is 88.0 Å². The Morgan fingerprint density at radius 2 is 1.68 bits per heavy atom. The number of hydrogen-bond donors (Lipinski definition) is 2. The first-order valence-electron chi connectivity index (χ1n) is 13.6. The predicted molar refractivity (Wildman–Crippen MR) is 173 cm³/mol. The molecule has 2 N–H and O–H groups in total. The average Bonchev–Trinajstić information content (AvgIpc) is 3.51. The van der Waals surface area contributed by atoms with Crippen LogP contribution in [0.3, 0.4) is 0 Å². The number of carbonyl (C=O) groups is 1. The van der Waals surface area contributed by atoms with Crippen LogP contribution in [0.25, 0.3) is 22.2 Å². The van der Waals surface area contributed by atoms with Crippen molar-refractivity contribution < 1.29 is 28.7 Å². The number of halogens is 3. The van der Waals surface area contributed by atoms with Crippen molar-refractivity contribution in [1.82, 2.24) is 15.6 Å². The molecule has 1 heterocycles. The summed E-state index contributed by atoms with van der Waals surface area (Å²) in [6, 6.07) is 24.1. The minimum absolute atomic E-state index is 0. The van der Waals surface area contributed by atoms with Crippen LogP contribution in [0.1, 0.15) is 23.6 Å². The molecule has 0 bridgehead atoms. The molecule has 0 aliphatic carbocycles. The maximum atomic E-state index is 12.2. The molecule has 0 amide bonds. The number of rotatable bonds is 13. The van der Waals surface area contributed by atoms with E-state index in [4.69, 9.17) is 30.4 Å². The smallest absolute Gasteiger partial charge is 0.325 e. The molecule has 5 rings (SSSR count). The van der Waals surface area contributed by atoms with E-state index >= 15 is 0 Å². The number of fused-ring (bicyclic) bond motifs is 1. The molecule has 1 aromatic heterocycles. The van der Waals surface area contributed by atoms with Crippen molar-refractivity contribution in [2.75, 3.05) is 13.2 Å². The molecule has 0 saturated heterocycles. The van der Waals surface area contributed by atoms with Gasteiger partial charge in [0.1, 0.15) is 41.8 Å². The molecule has 0 aliphatic rings. The highest BCUT2D eigenvalue weighted by molar-refractivity contribution is 9.10. The largest absolute Gasteiger partial charge is 0.488 e. The van der Waals surface area contributed by atoms with E-state index in [1.165, 1.54) is 0 Å². The average molecular weight is 703 g/mol. The number of benzene rings is 4. The van der Waals surface area contributed by atoms with Crippen molar-refractivity contribution in [2.24, 2.45) is 0 Å². The summed E-state index contributed by atoms with van der Waals surface area (Å²) in [5.41, 5.74) is 5.72. The molecule has 44 heavy (non-hydrogen) atoms. The van der Waals surface area contributed by atoms with Gasteiger partial charge in [0.05, 0.1) is 18.2 Å². The first-order valence-corrected chi connectivity index (χ1v) is 14.8. The first-order chi connectivity index (χ1) is 21.0. The molecule has 0 saturated carbocycles. The third-order valence-electron chi connectivity index (χ3n) is 6.71. The summed E-state index contributed by atoms with van der Waals surface area (Å²) in [7, 11) is 0. The third-order valence-corrected chi connectivity index (χ3v) is 7.94. The number of ether oxygens (including phenoxy) is 3. The summed E-state index contributed by atoms with van der Waals surface area (Å²) in [4.78, 5) is 12.2. The molecule has 0 spiro atoms. The molecule has 4 aromatic carbocycles. The molecule has 0 fully saturated rings. The minimum Gasteiger partial charge on any atom is -0.488 e. The zero-order valence-corrected chi connectivity index (χ0v) is 26.8. The van der Waals surface area contributed by atoms with E-state index in [0.717, 1.165) is 26.7 Å². The maximum absolute atomic E-state index is 12.2. The minimum atomic E-state index is -0.910. The molecular formula is C32H30BrCl2N3O6. The SMILES string of the molecule is CCOC(=O)C(CO)NCc1cc(Cl)c(OCc2cccc(-c3ccccc3)c2Br)cc1OCc1cccc2nonc12.Cl. The van der Waals surface area contributed by atoms with Crippen molar-refractivity contribution in [3.05, 3.63) is 105 Å². The summed E-state index contributed by atoms with van der Waals surface area (Å²) in [6.07, 6.45) is 0. The number of hydrogen-bond acceptors (Lipinski definition) is 9. The van der Waals surface area contributed by atoms with E-state index in [0.29, 0.717) is 33.1 Å². The second-order valence-corrected chi connectivity index (χ2v) is 10.7. The quantitative estimate of drug-likeness (QED) is 0.126. The number of aliphatic hydroxyl groups excluding tert-OH is 1. The van der Waals surface area contributed by atoms with E-state index in [9.17, 15) is 9.90 Å². The van der Waals surface area contributed by atoms with Gasteiger partial charge in [-0.25, -0.2) is 4.63 Å². The summed E-state index contributed by atoms with van der Waals surface area (Å²) in [6.45, 7) is 2.05. The number of carbonyl (C=O) groups excluding carboxylic acids is 1. The molecule has 1 unspecified atom stereocenters. The Morgan fingerprint density at radius 3 is 2.45 bits per heavy atom. The van der Waals surface area contributed by atoms with Crippen molar-refractivity contribution in [1.29, 1.82) is 0 Å². The summed E-state index contributed by atoms with van der Waals surface area (Å²) >= 11 is 10.4. The van der Waals surface area contributed by atoms with Crippen LogP contribution in [0.4, 0.5) is 0 Å². The van der Waals surface area contributed by atoms with Crippen LogP contribution in [0.2, 0.25) is 5.02 Å². The Balaban J connectivity index is 0.00000442. The first kappa shape index (κ1) is 33.2. The van der Waals surface area contributed by atoms with Crippen molar-refractivity contribution >= 4 is 56.9 Å². The van der Waals surface area contributed by atoms with Crippen LogP contribution in [-0.4, -0.2) is 40.6 Å². The van der Waals surface area contributed by atoms with Gasteiger partial charge in [-0.15, -0.1) is 12.4 Å². The van der Waals surface area contributed by atoms with Crippen molar-refractivity contribution in [2.45, 2.75) is 32.7 Å². The Morgan fingerprint density at radius 1 is 0.955 bits per heavy atom. The molecule has 230 valence electrons. The highest BCUT2D eigenvalue weighted by Crippen LogP contribution is 2.36. The van der Waals surface area contributed by atoms with E-state index in [1.807, 2.05) is 48.5 Å². The Kier molecular flexibility index (Phi) is 12.0. The maximum Gasteiger partial charge on any atom is 0.325 e. The van der Waals surface area contributed by atoms with Crippen LogP contribution in [-0.2, 0) is 29.3 Å². The number of nitrogens with zero attached hydrogens (tertiary/aromatic N) is 2. The predicted octanol–water partition coefficient (Wildman–Crippen LogP) is 6.90. The fourth-order valence-electron chi connectivity index (χ4n) is 4.48. The lowest BCUT2D eigenvalue weighted by Gasteiger charge is -2.19. The molecule has 5 aromatic rings. The van der Waals surface area contributed by atoms with Crippen LogP contribution >= 0.6 is 39.9 Å². The number of nitrogens with one attached hydrogen (secondary N) is 1. The van der Waals surface area contributed by atoms with Crippen molar-refractivity contribution in [3.8, 4) is 22.6 Å². The molecular weight excluding hydrogens is 673 g/mol. The van der Waals surface area contributed by atoms with Crippen molar-refractivity contribution in [3.63, 3.8) is 0 Å². The molecule has 1 atom stereocenters. The fourth-order valence-corrected chi connectivity index (χ4v) is 5.33. The third kappa shape index (κ3) is 7.88. The highest BCUT2D eigenvalue weighted by atomic mass is 79.9. The van der Waals surface area contributed by atoms with E-state index in [-0.39, 0.29) is 38.8 Å². The van der Waals surface area contributed by atoms with Gasteiger partial charge in [-0.1, -0.05) is 72.3 Å². The van der Waals surface area contributed by atoms with Gasteiger partial charge in [-0.3, -0.25) is 10.1 Å². The molecule has 9 nitrogen and oxygen atoms in total. The normalized spacial score (nSPS) is 11.5. The number of aliphatic hydroxyl groups is 1. The zero-order valence-electron chi connectivity index (χ0n) is 23.7. The van der Waals surface area contributed by atoms with E-state index in [1.54, 1.807) is 25.1 Å². The second kappa shape index (κ2) is 15.9. The number of esters is 1. The highest BCUT2D eigenvalue weighted by Gasteiger charge is 2.20. The molecule has 12 heteroatoms. The fraction of sp³-hybridized carbons (Fsp3) is 0.219. The second-order valence-electron chi connectivity index (χ2n) is 9.53. The van der Waals surface area contributed by atoms with Gasteiger partial charge in [0.15, 0.2) is 0 Å². The van der Waals surface area contributed by atoms with Crippen LogP contribution in [0, 0.1) is 0 Å². The van der Waals surface area contributed by atoms with E-state index in [2.05, 4.69) is 43.7 Å². The summed E-state index contributed by atoms with van der Waals surface area (Å²) < 4.78 is 23.3. The topological polar surface area (TPSA) is 116 Å². The van der Waals surface area contributed by atoms with Gasteiger partial charge in [-0.2, -0.15) is 0 Å². The van der Waals surface area contributed by atoms with Gasteiger partial charge in [0, 0.05) is 33.8 Å². The zero-order chi connectivity index (χ0) is 30.2. The van der Waals surface area contributed by atoms with E-state index < -0.39 is 18.6 Å². The summed E-state index contributed by atoms with van der Waals surface area (Å²) in [5, 5.41) is 21.0. The lowest BCUT2D eigenvalue weighted by Crippen LogP contribution is -2.40. The molecule has 0 radical (unpaired) electrons. The standard InChI is InChI=1S/C32H29BrClN3O6.ClH/c1-2-40-32(39)27(17-38)35-16-23-14-25(34)29(15-28(23)41-19-22-11-7-13-26-31(22)37-43-36-26)42-18-21-10-6-12-24(30(21)33)20-8-4-3-5-9-20;/h3-15,27,35,38H,2,16-19H2,1H3;1H. The Labute approximate surface area is 274 Å². The Hall–Kier alpha value is -3.67. The lowest BCUT2D eigenvalue weighted by molar-refractivity contribution is -0.146. The monoisotopic (exact) mass is 701 g/mol. The van der Waals surface area contributed by atoms with Gasteiger partial charge < -0.3 is 19.3 Å². The number of aromatic nitrogens is 2. The van der Waals surface area contributed by atoms with Crippen LogP contribution in [0.5, 0.6) is 11.5 Å².